The maximum atomic E-state index is 13.3. The summed E-state index contributed by atoms with van der Waals surface area (Å²) in [6.07, 6.45) is 1.31. The van der Waals surface area contributed by atoms with E-state index >= 15 is 0 Å². The molecule has 0 bridgehead atoms. The summed E-state index contributed by atoms with van der Waals surface area (Å²) in [4.78, 5) is 18.4. The number of para-hydroxylation sites is 1. The topological polar surface area (TPSA) is 36.1 Å². The highest BCUT2D eigenvalue weighted by molar-refractivity contribution is 5.92. The number of halogens is 1. The predicted octanol–water partition coefficient (Wildman–Crippen LogP) is 6.15. The first-order valence-electron chi connectivity index (χ1n) is 10.3. The molecule has 1 aromatic heterocycles. The molecule has 2 heterocycles. The number of hydrogen-bond acceptors (Lipinski definition) is 1. The molecule has 1 aliphatic heterocycles. The lowest BCUT2D eigenvalue weighted by atomic mass is 9.96. The third kappa shape index (κ3) is 3.28. The van der Waals surface area contributed by atoms with Crippen LogP contribution >= 0.6 is 0 Å². The van der Waals surface area contributed by atoms with Gasteiger partial charge in [0.2, 0.25) is 5.91 Å². The minimum Gasteiger partial charge on any atom is -0.354 e. The molecular weight excluding hydrogens is 375 g/mol. The van der Waals surface area contributed by atoms with Gasteiger partial charge in [-0.25, -0.2) is 4.39 Å². The standard InChI is InChI=1S/C26H23FN2O/c1-17-6-10-19(11-7-17)26-25(21-4-2-3-5-22(21)28-26)23-14-15-24(30)29(23)16-18-8-12-20(27)13-9-18/h2-13,23,28H,14-16H2,1H3/t23-/m1/s1. The van der Waals surface area contributed by atoms with Crippen molar-refractivity contribution in [2.24, 2.45) is 0 Å². The Morgan fingerprint density at radius 2 is 1.73 bits per heavy atom. The van der Waals surface area contributed by atoms with Gasteiger partial charge in [-0.3, -0.25) is 4.79 Å². The molecule has 150 valence electrons. The van der Waals surface area contributed by atoms with Crippen molar-refractivity contribution in [1.82, 2.24) is 9.88 Å². The minimum atomic E-state index is -0.263. The monoisotopic (exact) mass is 398 g/mol. The molecule has 1 N–H and O–H groups in total. The first-order chi connectivity index (χ1) is 14.6. The second-order valence-corrected chi connectivity index (χ2v) is 8.03. The summed E-state index contributed by atoms with van der Waals surface area (Å²) in [6, 6.07) is 23.2. The highest BCUT2D eigenvalue weighted by atomic mass is 19.1. The van der Waals surface area contributed by atoms with Crippen LogP contribution in [0.1, 0.15) is 35.6 Å². The molecule has 3 aromatic carbocycles. The zero-order valence-corrected chi connectivity index (χ0v) is 16.9. The van der Waals surface area contributed by atoms with E-state index < -0.39 is 0 Å². The quantitative estimate of drug-likeness (QED) is 0.440. The zero-order valence-electron chi connectivity index (χ0n) is 16.9. The highest BCUT2D eigenvalue weighted by Gasteiger charge is 2.35. The Hall–Kier alpha value is -3.40. The van der Waals surface area contributed by atoms with Crippen LogP contribution in [0, 0.1) is 12.7 Å². The molecule has 1 atom stereocenters. The number of rotatable bonds is 4. The second kappa shape index (κ2) is 7.45. The molecule has 3 nitrogen and oxygen atoms in total. The van der Waals surface area contributed by atoms with E-state index in [1.165, 1.54) is 23.3 Å². The zero-order chi connectivity index (χ0) is 20.7. The summed E-state index contributed by atoms with van der Waals surface area (Å²) in [6.45, 7) is 2.56. The van der Waals surface area contributed by atoms with E-state index in [9.17, 15) is 9.18 Å². The van der Waals surface area contributed by atoms with E-state index in [0.29, 0.717) is 13.0 Å². The third-order valence-electron chi connectivity index (χ3n) is 6.01. The van der Waals surface area contributed by atoms with E-state index in [-0.39, 0.29) is 17.8 Å². The fraction of sp³-hybridized carbons (Fsp3) is 0.192. The van der Waals surface area contributed by atoms with Crippen molar-refractivity contribution in [1.29, 1.82) is 0 Å². The van der Waals surface area contributed by atoms with Gasteiger partial charge in [-0.2, -0.15) is 0 Å². The number of fused-ring (bicyclic) bond motifs is 1. The van der Waals surface area contributed by atoms with Gasteiger partial charge in [0.25, 0.3) is 0 Å². The molecule has 0 radical (unpaired) electrons. The third-order valence-corrected chi connectivity index (χ3v) is 6.01. The average molecular weight is 398 g/mol. The Bertz CT molecular complexity index is 1210. The van der Waals surface area contributed by atoms with Crippen molar-refractivity contribution in [3.63, 3.8) is 0 Å². The number of H-pyrrole nitrogens is 1. The Labute approximate surface area is 175 Å². The summed E-state index contributed by atoms with van der Waals surface area (Å²) in [5.41, 5.74) is 6.58. The summed E-state index contributed by atoms with van der Waals surface area (Å²) in [5.74, 6) is -0.120. The van der Waals surface area contributed by atoms with Crippen molar-refractivity contribution >= 4 is 16.8 Å². The Morgan fingerprint density at radius 1 is 1.00 bits per heavy atom. The van der Waals surface area contributed by atoms with Gasteiger partial charge in [0, 0.05) is 29.4 Å². The SMILES string of the molecule is Cc1ccc(-c2[nH]c3ccccc3c2[C@H]2CCC(=O)N2Cc2ccc(F)cc2)cc1. The maximum Gasteiger partial charge on any atom is 0.223 e. The lowest BCUT2D eigenvalue weighted by Gasteiger charge is -2.26. The van der Waals surface area contributed by atoms with Gasteiger partial charge >= 0.3 is 0 Å². The van der Waals surface area contributed by atoms with Crippen LogP contribution < -0.4 is 0 Å². The number of carbonyl (C=O) groups is 1. The summed E-state index contributed by atoms with van der Waals surface area (Å²) in [7, 11) is 0. The number of nitrogens with one attached hydrogen (secondary N) is 1. The number of hydrogen-bond donors (Lipinski definition) is 1. The van der Waals surface area contributed by atoms with Gasteiger partial charge in [0.05, 0.1) is 11.7 Å². The van der Waals surface area contributed by atoms with Crippen molar-refractivity contribution < 1.29 is 9.18 Å². The number of aromatic amines is 1. The fourth-order valence-electron chi connectivity index (χ4n) is 4.48. The second-order valence-electron chi connectivity index (χ2n) is 8.03. The van der Waals surface area contributed by atoms with Crippen LogP contribution in [-0.2, 0) is 11.3 Å². The smallest absolute Gasteiger partial charge is 0.223 e. The van der Waals surface area contributed by atoms with Crippen LogP contribution in [-0.4, -0.2) is 15.8 Å². The maximum absolute atomic E-state index is 13.3. The van der Waals surface area contributed by atoms with Crippen molar-refractivity contribution in [2.75, 3.05) is 0 Å². The molecule has 4 aromatic rings. The average Bonchev–Trinajstić information content (AvgIpc) is 3.31. The highest BCUT2D eigenvalue weighted by Crippen LogP contribution is 2.43. The minimum absolute atomic E-state index is 0.0185. The normalized spacial score (nSPS) is 16.5. The molecule has 5 rings (SSSR count). The van der Waals surface area contributed by atoms with Crippen LogP contribution in [0.5, 0.6) is 0 Å². The fourth-order valence-corrected chi connectivity index (χ4v) is 4.48. The van der Waals surface area contributed by atoms with E-state index in [2.05, 4.69) is 48.3 Å². The molecule has 0 saturated carbocycles. The van der Waals surface area contributed by atoms with Crippen molar-refractivity contribution in [3.8, 4) is 11.3 Å². The molecule has 0 spiro atoms. The Morgan fingerprint density at radius 3 is 2.50 bits per heavy atom. The molecule has 1 fully saturated rings. The number of aromatic nitrogens is 1. The molecule has 0 aliphatic carbocycles. The van der Waals surface area contributed by atoms with E-state index in [0.717, 1.165) is 34.1 Å². The van der Waals surface area contributed by atoms with Crippen molar-refractivity contribution in [3.05, 3.63) is 95.3 Å². The predicted molar refractivity (Wildman–Crippen MR) is 117 cm³/mol. The Kier molecular flexibility index (Phi) is 4.62. The first-order valence-corrected chi connectivity index (χ1v) is 10.3. The first kappa shape index (κ1) is 18.6. The Balaban J connectivity index is 1.61. The van der Waals surface area contributed by atoms with Crippen LogP contribution in [0.25, 0.3) is 22.2 Å². The van der Waals surface area contributed by atoms with Gasteiger partial charge in [0.15, 0.2) is 0 Å². The number of aryl methyl sites for hydroxylation is 1. The summed E-state index contributed by atoms with van der Waals surface area (Å²) >= 11 is 0. The van der Waals surface area contributed by atoms with E-state index in [1.54, 1.807) is 12.1 Å². The number of nitrogens with zero attached hydrogens (tertiary/aromatic N) is 1. The number of benzene rings is 3. The lowest BCUT2D eigenvalue weighted by molar-refractivity contribution is -0.129. The van der Waals surface area contributed by atoms with E-state index in [4.69, 9.17) is 0 Å². The van der Waals surface area contributed by atoms with E-state index in [1.807, 2.05) is 17.0 Å². The molecule has 1 aliphatic rings. The van der Waals surface area contributed by atoms with Gasteiger partial charge in [0.1, 0.15) is 5.82 Å². The summed E-state index contributed by atoms with van der Waals surface area (Å²) < 4.78 is 13.3. The summed E-state index contributed by atoms with van der Waals surface area (Å²) in [5, 5.41) is 1.15. The molecule has 1 saturated heterocycles. The van der Waals surface area contributed by atoms with Crippen molar-refractivity contribution in [2.45, 2.75) is 32.4 Å². The van der Waals surface area contributed by atoms with Gasteiger partial charge in [-0.05, 0) is 42.7 Å². The largest absolute Gasteiger partial charge is 0.354 e. The van der Waals surface area contributed by atoms with Crippen LogP contribution in [0.15, 0.2) is 72.8 Å². The van der Waals surface area contributed by atoms with Gasteiger partial charge in [-0.1, -0.05) is 60.2 Å². The van der Waals surface area contributed by atoms with Gasteiger partial charge < -0.3 is 9.88 Å². The van der Waals surface area contributed by atoms with Crippen LogP contribution in [0.4, 0.5) is 4.39 Å². The van der Waals surface area contributed by atoms with Crippen LogP contribution in [0.2, 0.25) is 0 Å². The van der Waals surface area contributed by atoms with Gasteiger partial charge in [-0.15, -0.1) is 0 Å². The lowest BCUT2D eigenvalue weighted by Crippen LogP contribution is -2.27. The number of likely N-dealkylation sites (tertiary alicyclic amines) is 1. The van der Waals surface area contributed by atoms with Crippen LogP contribution in [0.3, 0.4) is 0 Å². The molecule has 1 amide bonds. The molecule has 4 heteroatoms. The molecule has 0 unspecified atom stereocenters. The number of amides is 1. The molecular formula is C26H23FN2O. The molecule has 30 heavy (non-hydrogen) atoms. The number of carbonyl (C=O) groups excluding carboxylic acids is 1.